The maximum Gasteiger partial charge on any atom is 0.253 e. The summed E-state index contributed by atoms with van der Waals surface area (Å²) in [5, 5.41) is 0. The first-order chi connectivity index (χ1) is 8.47. The van der Waals surface area contributed by atoms with Crippen molar-refractivity contribution < 1.29 is 14.3 Å². The highest BCUT2D eigenvalue weighted by molar-refractivity contribution is 9.09. The smallest absolute Gasteiger partial charge is 0.253 e. The van der Waals surface area contributed by atoms with Gasteiger partial charge in [0, 0.05) is 30.0 Å². The van der Waals surface area contributed by atoms with E-state index in [-0.39, 0.29) is 10.7 Å². The summed E-state index contributed by atoms with van der Waals surface area (Å²) in [5.74, 6) is 1.16. The fraction of sp³-hybridized carbons (Fsp3) is 0.462. The van der Waals surface area contributed by atoms with Gasteiger partial charge in [0.15, 0.2) is 0 Å². The molecule has 0 aromatic heterocycles. The van der Waals surface area contributed by atoms with Gasteiger partial charge in [0.2, 0.25) is 0 Å². The lowest BCUT2D eigenvalue weighted by atomic mass is 10.1. The number of benzene rings is 1. The van der Waals surface area contributed by atoms with Gasteiger partial charge in [-0.2, -0.15) is 0 Å². The molecule has 1 rings (SSSR count). The van der Waals surface area contributed by atoms with Crippen LogP contribution in [0.3, 0.4) is 0 Å². The van der Waals surface area contributed by atoms with Crippen LogP contribution in [0.2, 0.25) is 0 Å². The first-order valence-electron chi connectivity index (χ1n) is 5.60. The molecular weight excluding hydrogens is 298 g/mol. The Bertz CT molecular complexity index is 398. The van der Waals surface area contributed by atoms with E-state index in [1.807, 2.05) is 6.92 Å². The van der Waals surface area contributed by atoms with Crippen LogP contribution in [0, 0.1) is 0 Å². The van der Waals surface area contributed by atoms with E-state index in [0.717, 1.165) is 0 Å². The predicted octanol–water partition coefficient (Wildman–Crippen LogP) is 2.56. The van der Waals surface area contributed by atoms with Crippen molar-refractivity contribution in [2.45, 2.75) is 11.8 Å². The maximum absolute atomic E-state index is 12.2. The standard InChI is InChI=1S/C13H18BrNO3/c1-9(14)8-15(2)13(16)10-5-11(17-3)7-12(6-10)18-4/h5-7,9H,8H2,1-4H3. The van der Waals surface area contributed by atoms with E-state index in [1.165, 1.54) is 0 Å². The van der Waals surface area contributed by atoms with Crippen molar-refractivity contribution in [2.24, 2.45) is 0 Å². The summed E-state index contributed by atoms with van der Waals surface area (Å²) in [4.78, 5) is 14.1. The van der Waals surface area contributed by atoms with Crippen molar-refractivity contribution in [3.63, 3.8) is 0 Å². The highest BCUT2D eigenvalue weighted by atomic mass is 79.9. The van der Waals surface area contributed by atoms with E-state index in [0.29, 0.717) is 23.6 Å². The normalized spacial score (nSPS) is 11.8. The molecular formula is C13H18BrNO3. The lowest BCUT2D eigenvalue weighted by molar-refractivity contribution is 0.0796. The highest BCUT2D eigenvalue weighted by Crippen LogP contribution is 2.23. The molecule has 5 heteroatoms. The van der Waals surface area contributed by atoms with Crippen LogP contribution in [-0.4, -0.2) is 43.4 Å². The number of amides is 1. The quantitative estimate of drug-likeness (QED) is 0.784. The van der Waals surface area contributed by atoms with Crippen molar-refractivity contribution in [2.75, 3.05) is 27.8 Å². The Morgan fingerprint density at radius 3 is 2.17 bits per heavy atom. The molecule has 1 aromatic rings. The molecule has 1 atom stereocenters. The third-order valence-electron chi connectivity index (χ3n) is 2.47. The van der Waals surface area contributed by atoms with Crippen LogP contribution in [-0.2, 0) is 0 Å². The van der Waals surface area contributed by atoms with E-state index in [9.17, 15) is 4.79 Å². The molecule has 0 bridgehead atoms. The number of carbonyl (C=O) groups excluding carboxylic acids is 1. The minimum absolute atomic E-state index is 0.0569. The first-order valence-corrected chi connectivity index (χ1v) is 6.52. The van der Waals surface area contributed by atoms with Crippen LogP contribution in [0.1, 0.15) is 17.3 Å². The van der Waals surface area contributed by atoms with Gasteiger partial charge < -0.3 is 14.4 Å². The van der Waals surface area contributed by atoms with Crippen molar-refractivity contribution in [1.29, 1.82) is 0 Å². The van der Waals surface area contributed by atoms with E-state index in [2.05, 4.69) is 15.9 Å². The van der Waals surface area contributed by atoms with Gasteiger partial charge in [-0.3, -0.25) is 4.79 Å². The summed E-state index contributed by atoms with van der Waals surface area (Å²) in [5.41, 5.74) is 0.557. The molecule has 18 heavy (non-hydrogen) atoms. The van der Waals surface area contributed by atoms with Crippen molar-refractivity contribution >= 4 is 21.8 Å². The summed E-state index contributed by atoms with van der Waals surface area (Å²) in [6.45, 7) is 2.63. The number of halogens is 1. The number of hydrogen-bond donors (Lipinski definition) is 0. The number of nitrogens with zero attached hydrogens (tertiary/aromatic N) is 1. The fourth-order valence-electron chi connectivity index (χ4n) is 1.61. The van der Waals surface area contributed by atoms with Gasteiger partial charge in [-0.25, -0.2) is 0 Å². The van der Waals surface area contributed by atoms with Crippen LogP contribution in [0.5, 0.6) is 11.5 Å². The molecule has 0 spiro atoms. The number of alkyl halides is 1. The average Bonchev–Trinajstić information content (AvgIpc) is 2.36. The monoisotopic (exact) mass is 315 g/mol. The SMILES string of the molecule is COc1cc(OC)cc(C(=O)N(C)CC(C)Br)c1. The number of hydrogen-bond acceptors (Lipinski definition) is 3. The second kappa shape index (κ2) is 6.64. The minimum atomic E-state index is -0.0569. The van der Waals surface area contributed by atoms with Gasteiger partial charge in [-0.1, -0.05) is 22.9 Å². The van der Waals surface area contributed by atoms with Gasteiger partial charge in [0.25, 0.3) is 5.91 Å². The van der Waals surface area contributed by atoms with Crippen molar-refractivity contribution in [3.05, 3.63) is 23.8 Å². The Hall–Kier alpha value is -1.23. The molecule has 1 amide bonds. The van der Waals surface area contributed by atoms with E-state index >= 15 is 0 Å². The summed E-state index contributed by atoms with van der Waals surface area (Å²) in [7, 11) is 4.90. The molecule has 4 nitrogen and oxygen atoms in total. The summed E-state index contributed by atoms with van der Waals surface area (Å²) in [6, 6.07) is 5.16. The van der Waals surface area contributed by atoms with Gasteiger partial charge in [0.1, 0.15) is 11.5 Å². The molecule has 0 fully saturated rings. The zero-order valence-electron chi connectivity index (χ0n) is 11.1. The van der Waals surface area contributed by atoms with E-state index < -0.39 is 0 Å². The predicted molar refractivity (Wildman–Crippen MR) is 74.9 cm³/mol. The molecule has 0 aliphatic rings. The second-order valence-electron chi connectivity index (χ2n) is 4.07. The zero-order valence-corrected chi connectivity index (χ0v) is 12.7. The molecule has 0 N–H and O–H groups in total. The number of methoxy groups -OCH3 is 2. The first kappa shape index (κ1) is 14.8. The average molecular weight is 316 g/mol. The van der Waals surface area contributed by atoms with Gasteiger partial charge >= 0.3 is 0 Å². The summed E-state index contributed by atoms with van der Waals surface area (Å²) < 4.78 is 10.3. The Labute approximate surface area is 116 Å². The molecule has 0 radical (unpaired) electrons. The molecule has 1 unspecified atom stereocenters. The Balaban J connectivity index is 2.97. The van der Waals surface area contributed by atoms with Crippen LogP contribution >= 0.6 is 15.9 Å². The number of carbonyl (C=O) groups is 1. The summed E-state index contributed by atoms with van der Waals surface area (Å²) >= 11 is 3.43. The Morgan fingerprint density at radius 1 is 1.28 bits per heavy atom. The largest absolute Gasteiger partial charge is 0.497 e. The number of rotatable bonds is 5. The van der Waals surface area contributed by atoms with Gasteiger partial charge in [0.05, 0.1) is 14.2 Å². The fourth-order valence-corrected chi connectivity index (χ4v) is 2.05. The second-order valence-corrected chi connectivity index (χ2v) is 5.63. The molecule has 0 aliphatic heterocycles. The lowest BCUT2D eigenvalue weighted by Crippen LogP contribution is -2.31. The molecule has 0 heterocycles. The highest BCUT2D eigenvalue weighted by Gasteiger charge is 2.15. The van der Waals surface area contributed by atoms with Gasteiger partial charge in [-0.15, -0.1) is 0 Å². The third-order valence-corrected chi connectivity index (χ3v) is 2.76. The van der Waals surface area contributed by atoms with Crippen molar-refractivity contribution in [1.82, 2.24) is 4.90 Å². The molecule has 0 aliphatic carbocycles. The zero-order chi connectivity index (χ0) is 13.7. The van der Waals surface area contributed by atoms with Crippen LogP contribution in [0.15, 0.2) is 18.2 Å². The van der Waals surface area contributed by atoms with Gasteiger partial charge in [-0.05, 0) is 12.1 Å². The van der Waals surface area contributed by atoms with Crippen molar-refractivity contribution in [3.8, 4) is 11.5 Å². The summed E-state index contributed by atoms with van der Waals surface area (Å²) in [6.07, 6.45) is 0. The maximum atomic E-state index is 12.2. The molecule has 0 saturated carbocycles. The number of ether oxygens (including phenoxy) is 2. The Kier molecular flexibility index (Phi) is 5.47. The minimum Gasteiger partial charge on any atom is -0.497 e. The van der Waals surface area contributed by atoms with Crippen LogP contribution in [0.4, 0.5) is 0 Å². The Morgan fingerprint density at radius 2 is 1.78 bits per heavy atom. The molecule has 1 aromatic carbocycles. The topological polar surface area (TPSA) is 38.8 Å². The van der Waals surface area contributed by atoms with E-state index in [4.69, 9.17) is 9.47 Å². The van der Waals surface area contributed by atoms with Crippen LogP contribution in [0.25, 0.3) is 0 Å². The molecule has 0 saturated heterocycles. The van der Waals surface area contributed by atoms with E-state index in [1.54, 1.807) is 44.4 Å². The molecule has 100 valence electrons. The van der Waals surface area contributed by atoms with Crippen LogP contribution < -0.4 is 9.47 Å². The lowest BCUT2D eigenvalue weighted by Gasteiger charge is -2.19. The third kappa shape index (κ3) is 3.91.